The van der Waals surface area contributed by atoms with Crippen LogP contribution in [0.25, 0.3) is 21.8 Å². The third-order valence-electron chi connectivity index (χ3n) is 7.71. The van der Waals surface area contributed by atoms with Crippen molar-refractivity contribution >= 4 is 50.8 Å². The first-order chi connectivity index (χ1) is 21.5. The number of hydrogen-bond acceptors (Lipinski definition) is 5. The van der Waals surface area contributed by atoms with Crippen molar-refractivity contribution in [2.24, 2.45) is 0 Å². The number of carbonyl (C=O) groups is 2. The molecule has 0 radical (unpaired) electrons. The minimum absolute atomic E-state index is 0.122. The van der Waals surface area contributed by atoms with Gasteiger partial charge >= 0.3 is 5.97 Å². The number of benzene rings is 5. The Kier molecular flexibility index (Phi) is 8.62. The van der Waals surface area contributed by atoms with E-state index in [1.807, 2.05) is 78.9 Å². The summed E-state index contributed by atoms with van der Waals surface area (Å²) in [4.78, 5) is 26.0. The largest absolute Gasteiger partial charge is 0.492 e. The number of nitrogens with one attached hydrogen (secondary N) is 1. The van der Waals surface area contributed by atoms with Crippen molar-refractivity contribution in [2.75, 3.05) is 19.0 Å². The van der Waals surface area contributed by atoms with Crippen molar-refractivity contribution < 1.29 is 19.1 Å². The van der Waals surface area contributed by atoms with E-state index in [9.17, 15) is 9.59 Å². The second kappa shape index (κ2) is 13.1. The molecule has 7 heteroatoms. The summed E-state index contributed by atoms with van der Waals surface area (Å²) in [6.45, 7) is 1.12. The molecule has 1 heterocycles. The first-order valence-corrected chi connectivity index (χ1v) is 14.8. The predicted molar refractivity (Wildman–Crippen MR) is 176 cm³/mol. The topological polar surface area (TPSA) is 69.6 Å². The summed E-state index contributed by atoms with van der Waals surface area (Å²) in [6.07, 6.45) is 0.364. The Balaban J connectivity index is 1.14. The van der Waals surface area contributed by atoms with Crippen LogP contribution in [0.3, 0.4) is 0 Å². The molecule has 1 N–H and O–H groups in total. The van der Waals surface area contributed by atoms with Crippen LogP contribution < -0.4 is 10.1 Å². The molecule has 1 atom stereocenters. The highest BCUT2D eigenvalue weighted by Gasteiger charge is 2.22. The summed E-state index contributed by atoms with van der Waals surface area (Å²) < 4.78 is 13.5. The number of methoxy groups -OCH3 is 1. The van der Waals surface area contributed by atoms with Crippen LogP contribution in [0.15, 0.2) is 121 Å². The molecule has 44 heavy (non-hydrogen) atoms. The summed E-state index contributed by atoms with van der Waals surface area (Å²) in [7, 11) is 1.36. The second-order valence-electron chi connectivity index (χ2n) is 10.5. The van der Waals surface area contributed by atoms with Gasteiger partial charge < -0.3 is 19.4 Å². The van der Waals surface area contributed by atoms with Gasteiger partial charge in [-0.25, -0.2) is 4.79 Å². The van der Waals surface area contributed by atoms with Crippen molar-refractivity contribution in [3.63, 3.8) is 0 Å². The summed E-state index contributed by atoms with van der Waals surface area (Å²) in [5, 5.41) is 6.30. The number of esters is 1. The molecule has 0 amide bonds. The smallest absolute Gasteiger partial charge is 0.328 e. The molecule has 6 rings (SSSR count). The molecule has 6 aromatic rings. The Bertz CT molecular complexity index is 1930. The molecule has 0 bridgehead atoms. The summed E-state index contributed by atoms with van der Waals surface area (Å²) in [5.41, 5.74) is 4.77. The van der Waals surface area contributed by atoms with E-state index in [0.717, 1.165) is 27.7 Å². The van der Waals surface area contributed by atoms with Gasteiger partial charge in [0, 0.05) is 44.5 Å². The number of anilines is 1. The lowest BCUT2D eigenvalue weighted by Crippen LogP contribution is -2.33. The van der Waals surface area contributed by atoms with Crippen LogP contribution in [-0.4, -0.2) is 36.1 Å². The number of ether oxygens (including phenoxy) is 2. The molecule has 0 fully saturated rings. The first kappa shape index (κ1) is 29.0. The maximum atomic E-state index is 13.2. The number of hydrogen-bond donors (Lipinski definition) is 1. The number of aromatic nitrogens is 1. The number of halogens is 1. The van der Waals surface area contributed by atoms with Gasteiger partial charge in [0.25, 0.3) is 0 Å². The molecule has 1 aromatic heterocycles. The fourth-order valence-electron chi connectivity index (χ4n) is 5.55. The third-order valence-corrected chi connectivity index (χ3v) is 7.94. The van der Waals surface area contributed by atoms with Gasteiger partial charge in [0.15, 0.2) is 5.78 Å². The van der Waals surface area contributed by atoms with Gasteiger partial charge in [-0.2, -0.15) is 0 Å². The summed E-state index contributed by atoms with van der Waals surface area (Å²) in [6, 6.07) is 37.5. The number of carbonyl (C=O) groups excluding carboxylic acids is 2. The zero-order valence-electron chi connectivity index (χ0n) is 24.2. The Labute approximate surface area is 260 Å². The van der Waals surface area contributed by atoms with Crippen LogP contribution in [-0.2, 0) is 22.5 Å². The van der Waals surface area contributed by atoms with Gasteiger partial charge in [0.05, 0.1) is 19.2 Å². The van der Waals surface area contributed by atoms with Crippen molar-refractivity contribution in [1.29, 1.82) is 0 Å². The molecule has 0 aliphatic carbocycles. The third kappa shape index (κ3) is 6.17. The van der Waals surface area contributed by atoms with Gasteiger partial charge in [0.1, 0.15) is 18.4 Å². The standard InChI is InChI=1S/C37H31ClN2O4/c1-43-37(42)33(39-32-13-7-5-12-31(32)36(41)26-9-3-2-4-10-26)23-25-15-18-28(19-16-25)44-22-21-40-34-14-8-6-11-29(34)30-20-17-27(38)24-35(30)40/h2-20,24,33,39H,21-23H2,1H3/t33-/m0/s1. The zero-order valence-corrected chi connectivity index (χ0v) is 25.0. The van der Waals surface area contributed by atoms with E-state index >= 15 is 0 Å². The van der Waals surface area contributed by atoms with E-state index in [0.29, 0.717) is 41.4 Å². The van der Waals surface area contributed by atoms with Crippen LogP contribution in [0.4, 0.5) is 5.69 Å². The van der Waals surface area contributed by atoms with Crippen molar-refractivity contribution in [1.82, 2.24) is 4.57 Å². The molecular formula is C37H31ClN2O4. The molecule has 0 unspecified atom stereocenters. The Hall–Kier alpha value is -5.07. The van der Waals surface area contributed by atoms with Gasteiger partial charge in [-0.05, 0) is 48.0 Å². The Morgan fingerprint density at radius 1 is 0.795 bits per heavy atom. The summed E-state index contributed by atoms with van der Waals surface area (Å²) >= 11 is 6.33. The van der Waals surface area contributed by atoms with Crippen molar-refractivity contribution in [3.05, 3.63) is 143 Å². The highest BCUT2D eigenvalue weighted by molar-refractivity contribution is 6.31. The Morgan fingerprint density at radius 2 is 1.50 bits per heavy atom. The fourth-order valence-corrected chi connectivity index (χ4v) is 5.72. The van der Waals surface area contributed by atoms with Crippen molar-refractivity contribution in [3.8, 4) is 5.75 Å². The SMILES string of the molecule is COC(=O)[C@H](Cc1ccc(OCCn2c3ccccc3c3ccc(Cl)cc32)cc1)Nc1ccccc1C(=O)c1ccccc1. The van der Waals surface area contributed by atoms with Crippen LogP contribution in [0.1, 0.15) is 21.5 Å². The maximum Gasteiger partial charge on any atom is 0.328 e. The highest BCUT2D eigenvalue weighted by Crippen LogP contribution is 2.31. The Morgan fingerprint density at radius 3 is 2.30 bits per heavy atom. The monoisotopic (exact) mass is 602 g/mol. The molecule has 6 nitrogen and oxygen atoms in total. The maximum absolute atomic E-state index is 13.2. The van der Waals surface area contributed by atoms with E-state index in [2.05, 4.69) is 28.1 Å². The molecular weight excluding hydrogens is 572 g/mol. The lowest BCUT2D eigenvalue weighted by Gasteiger charge is -2.20. The molecule has 0 saturated heterocycles. The second-order valence-corrected chi connectivity index (χ2v) is 10.9. The van der Waals surface area contributed by atoms with E-state index < -0.39 is 12.0 Å². The number of para-hydroxylation sites is 2. The van der Waals surface area contributed by atoms with E-state index in [1.165, 1.54) is 12.5 Å². The first-order valence-electron chi connectivity index (χ1n) is 14.4. The minimum atomic E-state index is -0.696. The van der Waals surface area contributed by atoms with E-state index in [4.69, 9.17) is 21.1 Å². The molecule has 0 spiro atoms. The quantitative estimate of drug-likeness (QED) is 0.120. The number of ketones is 1. The minimum Gasteiger partial charge on any atom is -0.492 e. The number of fused-ring (bicyclic) bond motifs is 3. The van der Waals surface area contributed by atoms with Gasteiger partial charge in [-0.15, -0.1) is 0 Å². The van der Waals surface area contributed by atoms with Crippen LogP contribution in [0.5, 0.6) is 5.75 Å². The molecule has 0 saturated carbocycles. The van der Waals surface area contributed by atoms with Crippen LogP contribution in [0.2, 0.25) is 5.02 Å². The molecule has 220 valence electrons. The predicted octanol–water partition coefficient (Wildman–Crippen LogP) is 7.95. The average molecular weight is 603 g/mol. The van der Waals surface area contributed by atoms with Crippen molar-refractivity contribution in [2.45, 2.75) is 19.0 Å². The zero-order chi connectivity index (χ0) is 30.5. The van der Waals surface area contributed by atoms with E-state index in [1.54, 1.807) is 24.3 Å². The fraction of sp³-hybridized carbons (Fsp3) is 0.135. The lowest BCUT2D eigenvalue weighted by molar-refractivity contribution is -0.141. The number of rotatable bonds is 11. The van der Waals surface area contributed by atoms with Gasteiger partial charge in [0.2, 0.25) is 0 Å². The van der Waals surface area contributed by atoms with E-state index in [-0.39, 0.29) is 5.78 Å². The van der Waals surface area contributed by atoms with Crippen LogP contribution in [0, 0.1) is 0 Å². The van der Waals surface area contributed by atoms with Gasteiger partial charge in [-0.1, -0.05) is 90.5 Å². The van der Waals surface area contributed by atoms with Gasteiger partial charge in [-0.3, -0.25) is 4.79 Å². The molecule has 5 aromatic carbocycles. The molecule has 0 aliphatic heterocycles. The average Bonchev–Trinajstić information content (AvgIpc) is 3.37. The number of nitrogens with zero attached hydrogens (tertiary/aromatic N) is 1. The highest BCUT2D eigenvalue weighted by atomic mass is 35.5. The molecule has 0 aliphatic rings. The lowest BCUT2D eigenvalue weighted by atomic mass is 10.00. The summed E-state index contributed by atoms with van der Waals surface area (Å²) in [5.74, 6) is 0.190. The normalized spacial score (nSPS) is 11.8. The van der Waals surface area contributed by atoms with Crippen LogP contribution >= 0.6 is 11.6 Å².